The largest absolute Gasteiger partial charge is 0.493 e. The van der Waals surface area contributed by atoms with Gasteiger partial charge >= 0.3 is 0 Å². The van der Waals surface area contributed by atoms with E-state index in [1.54, 1.807) is 20.5 Å². The van der Waals surface area contributed by atoms with Crippen LogP contribution in [-0.4, -0.2) is 64.2 Å². The molecule has 0 N–H and O–H groups in total. The number of carbonyl (C=O) groups excluding carboxylic acids is 2. The van der Waals surface area contributed by atoms with Crippen molar-refractivity contribution in [3.63, 3.8) is 0 Å². The Morgan fingerprint density at radius 1 is 0.903 bits per heavy atom. The van der Waals surface area contributed by atoms with Crippen LogP contribution in [-0.2, 0) is 0 Å². The van der Waals surface area contributed by atoms with Gasteiger partial charge in [0.25, 0.3) is 11.8 Å². The Morgan fingerprint density at radius 2 is 1.52 bits per heavy atom. The molecular weight excluding hydrogens is 392 g/mol. The van der Waals surface area contributed by atoms with E-state index in [1.807, 2.05) is 68.4 Å². The molecule has 0 unspecified atom stereocenters. The van der Waals surface area contributed by atoms with Crippen LogP contribution in [0.1, 0.15) is 33.5 Å². The van der Waals surface area contributed by atoms with E-state index in [-0.39, 0.29) is 11.8 Å². The number of rotatable bonds is 5. The molecule has 0 spiro atoms. The van der Waals surface area contributed by atoms with Gasteiger partial charge in [0.1, 0.15) is 5.75 Å². The summed E-state index contributed by atoms with van der Waals surface area (Å²) in [4.78, 5) is 29.5. The summed E-state index contributed by atoms with van der Waals surface area (Å²) in [6.07, 6.45) is 0. The molecule has 3 aromatic rings. The number of amides is 2. The fraction of sp³-hybridized carbons (Fsp3) is 0.292. The SMILES string of the molecule is CCOc1ccccc1C(=O)N1CCN(C(=O)c2cc(C)n(-c3ccccc3)n2)CC1. The standard InChI is InChI=1S/C24H26N4O3/c1-3-31-22-12-8-7-11-20(22)23(29)26-13-15-27(16-14-26)24(30)21-17-18(2)28(25-21)19-9-5-4-6-10-19/h4-12,17H,3,13-16H2,1-2H3. The van der Waals surface area contributed by atoms with Gasteiger partial charge in [0, 0.05) is 31.9 Å². The lowest BCUT2D eigenvalue weighted by Gasteiger charge is -2.34. The van der Waals surface area contributed by atoms with Crippen molar-refractivity contribution in [2.45, 2.75) is 13.8 Å². The smallest absolute Gasteiger partial charge is 0.274 e. The fourth-order valence-corrected chi connectivity index (χ4v) is 3.78. The van der Waals surface area contributed by atoms with Crippen molar-refractivity contribution in [1.29, 1.82) is 0 Å². The molecule has 1 fully saturated rings. The highest BCUT2D eigenvalue weighted by Gasteiger charge is 2.28. The molecule has 7 heteroatoms. The van der Waals surface area contributed by atoms with Crippen LogP contribution in [0.15, 0.2) is 60.7 Å². The predicted octanol–water partition coefficient (Wildman–Crippen LogP) is 3.18. The molecule has 1 saturated heterocycles. The van der Waals surface area contributed by atoms with E-state index in [0.29, 0.717) is 49.8 Å². The van der Waals surface area contributed by atoms with Crippen molar-refractivity contribution in [1.82, 2.24) is 19.6 Å². The topological polar surface area (TPSA) is 67.7 Å². The summed E-state index contributed by atoms with van der Waals surface area (Å²) in [6.45, 7) is 6.22. The van der Waals surface area contributed by atoms with Gasteiger partial charge in [-0.2, -0.15) is 5.10 Å². The number of aromatic nitrogens is 2. The van der Waals surface area contributed by atoms with Crippen LogP contribution in [0.25, 0.3) is 5.69 Å². The lowest BCUT2D eigenvalue weighted by atomic mass is 10.1. The number of piperazine rings is 1. The average Bonchev–Trinajstić information content (AvgIpc) is 3.21. The Labute approximate surface area is 181 Å². The van der Waals surface area contributed by atoms with Crippen LogP contribution < -0.4 is 4.74 Å². The molecule has 31 heavy (non-hydrogen) atoms. The summed E-state index contributed by atoms with van der Waals surface area (Å²) in [6, 6.07) is 18.8. The van der Waals surface area contributed by atoms with Crippen molar-refractivity contribution in [2.24, 2.45) is 0 Å². The molecule has 1 aliphatic heterocycles. The van der Waals surface area contributed by atoms with Crippen molar-refractivity contribution >= 4 is 11.8 Å². The van der Waals surface area contributed by atoms with E-state index < -0.39 is 0 Å². The number of ether oxygens (including phenoxy) is 1. The van der Waals surface area contributed by atoms with E-state index in [4.69, 9.17) is 4.74 Å². The first kappa shape index (κ1) is 20.7. The van der Waals surface area contributed by atoms with Gasteiger partial charge in [0.2, 0.25) is 0 Å². The minimum Gasteiger partial charge on any atom is -0.493 e. The minimum atomic E-state index is -0.111. The molecule has 160 valence electrons. The Kier molecular flexibility index (Phi) is 6.02. The minimum absolute atomic E-state index is 0.0691. The second-order valence-electron chi connectivity index (χ2n) is 7.43. The zero-order valence-corrected chi connectivity index (χ0v) is 17.8. The summed E-state index contributed by atoms with van der Waals surface area (Å²) < 4.78 is 7.37. The van der Waals surface area contributed by atoms with Crippen molar-refractivity contribution < 1.29 is 14.3 Å². The third-order valence-electron chi connectivity index (χ3n) is 5.38. The van der Waals surface area contributed by atoms with Gasteiger partial charge in [-0.1, -0.05) is 30.3 Å². The maximum Gasteiger partial charge on any atom is 0.274 e. The van der Waals surface area contributed by atoms with Gasteiger partial charge in [-0.15, -0.1) is 0 Å². The summed E-state index contributed by atoms with van der Waals surface area (Å²) in [5, 5.41) is 4.52. The number of hydrogen-bond acceptors (Lipinski definition) is 4. The Morgan fingerprint density at radius 3 is 2.19 bits per heavy atom. The van der Waals surface area contributed by atoms with Crippen LogP contribution in [0.4, 0.5) is 0 Å². The summed E-state index contributed by atoms with van der Waals surface area (Å²) in [7, 11) is 0. The van der Waals surface area contributed by atoms with Crippen LogP contribution in [0.5, 0.6) is 5.75 Å². The lowest BCUT2D eigenvalue weighted by molar-refractivity contribution is 0.0530. The molecule has 7 nitrogen and oxygen atoms in total. The van der Waals surface area contributed by atoms with Gasteiger partial charge in [-0.3, -0.25) is 9.59 Å². The van der Waals surface area contributed by atoms with E-state index >= 15 is 0 Å². The molecule has 4 rings (SSSR count). The average molecular weight is 418 g/mol. The van der Waals surface area contributed by atoms with Gasteiger partial charge in [-0.25, -0.2) is 4.68 Å². The zero-order chi connectivity index (χ0) is 21.8. The normalized spacial score (nSPS) is 13.9. The molecule has 2 heterocycles. The van der Waals surface area contributed by atoms with Gasteiger partial charge in [-0.05, 0) is 44.2 Å². The highest BCUT2D eigenvalue weighted by molar-refractivity contribution is 5.97. The molecular formula is C24H26N4O3. The fourth-order valence-electron chi connectivity index (χ4n) is 3.78. The van der Waals surface area contributed by atoms with Gasteiger partial charge in [0.05, 0.1) is 17.9 Å². The van der Waals surface area contributed by atoms with Crippen LogP contribution in [0.3, 0.4) is 0 Å². The number of para-hydroxylation sites is 2. The van der Waals surface area contributed by atoms with E-state index in [2.05, 4.69) is 5.10 Å². The van der Waals surface area contributed by atoms with Crippen LogP contribution in [0, 0.1) is 6.92 Å². The Balaban J connectivity index is 1.42. The third kappa shape index (κ3) is 4.30. The monoisotopic (exact) mass is 418 g/mol. The van der Waals surface area contributed by atoms with Crippen LogP contribution in [0.2, 0.25) is 0 Å². The Bertz CT molecular complexity index is 1070. The molecule has 0 saturated carbocycles. The van der Waals surface area contributed by atoms with Gasteiger partial charge < -0.3 is 14.5 Å². The maximum atomic E-state index is 13.0. The second kappa shape index (κ2) is 9.04. The Hall–Kier alpha value is -3.61. The third-order valence-corrected chi connectivity index (χ3v) is 5.38. The van der Waals surface area contributed by atoms with Gasteiger partial charge in [0.15, 0.2) is 5.69 Å². The van der Waals surface area contributed by atoms with E-state index in [9.17, 15) is 9.59 Å². The first-order chi connectivity index (χ1) is 15.1. The molecule has 0 aliphatic carbocycles. The summed E-state index contributed by atoms with van der Waals surface area (Å²) in [5.41, 5.74) is 2.79. The lowest BCUT2D eigenvalue weighted by Crippen LogP contribution is -2.50. The second-order valence-corrected chi connectivity index (χ2v) is 7.43. The number of hydrogen-bond donors (Lipinski definition) is 0. The molecule has 0 atom stereocenters. The molecule has 1 aromatic heterocycles. The summed E-state index contributed by atoms with van der Waals surface area (Å²) >= 11 is 0. The summed E-state index contributed by atoms with van der Waals surface area (Å²) in [5.74, 6) is 0.412. The highest BCUT2D eigenvalue weighted by Crippen LogP contribution is 2.21. The zero-order valence-electron chi connectivity index (χ0n) is 17.8. The van der Waals surface area contributed by atoms with E-state index in [1.165, 1.54) is 0 Å². The van der Waals surface area contributed by atoms with Crippen LogP contribution >= 0.6 is 0 Å². The van der Waals surface area contributed by atoms with Crippen molar-refractivity contribution in [3.8, 4) is 11.4 Å². The highest BCUT2D eigenvalue weighted by atomic mass is 16.5. The van der Waals surface area contributed by atoms with Crippen molar-refractivity contribution in [2.75, 3.05) is 32.8 Å². The first-order valence-electron chi connectivity index (χ1n) is 10.5. The molecule has 2 aromatic carbocycles. The molecule has 0 bridgehead atoms. The maximum absolute atomic E-state index is 13.0. The van der Waals surface area contributed by atoms with E-state index in [0.717, 1.165) is 11.4 Å². The number of aryl methyl sites for hydroxylation is 1. The quantitative estimate of drug-likeness (QED) is 0.638. The molecule has 1 aliphatic rings. The molecule has 2 amide bonds. The predicted molar refractivity (Wildman–Crippen MR) is 118 cm³/mol. The number of nitrogens with zero attached hydrogens (tertiary/aromatic N) is 4. The molecule has 0 radical (unpaired) electrons. The number of benzene rings is 2. The first-order valence-corrected chi connectivity index (χ1v) is 10.5. The van der Waals surface area contributed by atoms with Crippen molar-refractivity contribution in [3.05, 3.63) is 77.6 Å². The number of carbonyl (C=O) groups is 2.